The molecule has 9 atom stereocenters. The summed E-state index contributed by atoms with van der Waals surface area (Å²) in [6.45, 7) is 19.2. The van der Waals surface area contributed by atoms with E-state index in [9.17, 15) is 61.1 Å². The van der Waals surface area contributed by atoms with Crippen molar-refractivity contribution in [2.75, 3.05) is 141 Å². The van der Waals surface area contributed by atoms with E-state index in [-0.39, 0.29) is 97.9 Å². The molecule has 0 radical (unpaired) electrons. The Bertz CT molecular complexity index is 6650. The molecular formula is C102H107Cl3F3N19O15S3. The van der Waals surface area contributed by atoms with Crippen LogP contribution < -0.4 is 36.0 Å². The van der Waals surface area contributed by atoms with E-state index in [0.29, 0.717) is 182 Å². The predicted octanol–water partition coefficient (Wildman–Crippen LogP) is 14.8. The molecule has 0 saturated carbocycles. The lowest BCUT2D eigenvalue weighted by Gasteiger charge is -2.38. The Morgan fingerprint density at radius 1 is 0.469 bits per heavy atom. The summed E-state index contributed by atoms with van der Waals surface area (Å²) in [4.78, 5) is 174. The van der Waals surface area contributed by atoms with Crippen LogP contribution in [0.2, 0.25) is 15.1 Å². The monoisotopic (exact) mass is 2100 g/mol. The van der Waals surface area contributed by atoms with Gasteiger partial charge in [-0.15, -0.1) is 34.0 Å². The number of fused-ring (bicyclic) bond motifs is 3. The van der Waals surface area contributed by atoms with Crippen LogP contribution in [-0.4, -0.2) is 272 Å². The number of hydrogen-bond acceptors (Lipinski definition) is 30. The highest BCUT2D eigenvalue weighted by molar-refractivity contribution is 7.12. The second kappa shape index (κ2) is 45.5. The van der Waals surface area contributed by atoms with Crippen molar-refractivity contribution in [3.05, 3.63) is 277 Å². The lowest BCUT2D eigenvalue weighted by molar-refractivity contribution is -0.142. The first-order valence-corrected chi connectivity index (χ1v) is 50.6. The molecule has 4 N–H and O–H groups in total. The van der Waals surface area contributed by atoms with Crippen molar-refractivity contribution >= 4 is 163 Å². The number of methoxy groups -OCH3 is 4. The summed E-state index contributed by atoms with van der Waals surface area (Å²) in [5, 5.41) is 20.5. The van der Waals surface area contributed by atoms with Gasteiger partial charge >= 0.3 is 48.1 Å². The Labute approximate surface area is 861 Å². The van der Waals surface area contributed by atoms with Gasteiger partial charge in [-0.25, -0.2) is 61.7 Å². The van der Waals surface area contributed by atoms with E-state index in [1.165, 1.54) is 124 Å². The molecule has 145 heavy (non-hydrogen) atoms. The van der Waals surface area contributed by atoms with Gasteiger partial charge < -0.3 is 59.7 Å². The van der Waals surface area contributed by atoms with Gasteiger partial charge in [0.2, 0.25) is 0 Å². The number of ketones is 2. The molecule has 18 rings (SSSR count). The number of aliphatic imine (C=N–C) groups is 3. The number of amidine groups is 3. The quantitative estimate of drug-likeness (QED) is 0.0274. The molecule has 0 spiro atoms. The number of hydrogen-bond donors (Lipinski definition) is 4. The minimum atomic E-state index is -0.889. The van der Waals surface area contributed by atoms with Gasteiger partial charge in [-0.3, -0.25) is 58.8 Å². The summed E-state index contributed by atoms with van der Waals surface area (Å²) in [6.07, 6.45) is 5.03. The van der Waals surface area contributed by atoms with E-state index >= 15 is 0 Å². The van der Waals surface area contributed by atoms with E-state index in [1.807, 2.05) is 104 Å². The van der Waals surface area contributed by atoms with Crippen LogP contribution >= 0.6 is 68.8 Å². The molecule has 3 aromatic heterocycles. The van der Waals surface area contributed by atoms with Gasteiger partial charge in [-0.1, -0.05) is 96.3 Å². The standard InChI is InChI=1S/C37H41ClFN7O6S.C33H34ClFN6O4S.C32H32ClFN6O5S/c1-21(47)15-28(42-35(49)52-37(2,3)4)22-7-6-8-24(16-22)46-19-25-18-44(12-13-45(25)36(46)50)20-29-30(34(48)51-5)31(26-10-9-23(39)17-27(26)38)43-32(41-29)33-40-11-14-53-33;1-19(20(2)42)13-21-5-4-6-23(14-21)41-17-24-16-39(10-11-40(24)33(41)44)18-27-28(32(43)45-3)29(25-8-7-22(35)15-26(25)34)38-30(37-27)31-36-9-12-46-31;1-18(30(41)44-2)19-4-7-21(8-5-19)40-16-22-15-38(11-12-39(22)32(40)43)17-25-26(31(42)45-3)27(23-9-6-20(34)14-24(23)33)37-28(36-25)29-35-10-13-46-29/h6-11,14,16-17,25,28,31H,12-13,15,18-20H2,1-5H3,(H,41,43)(H,42,49);4-9,12,14-15,19,24,29H,10-11,13,16-18H2,1-3H3,(H,37,38);4-10,13-14,18,22,27H,11-12,15-17H2,1-3H3,(H,36,37)/t25-,28?,31-;19?,24-,29-;18?,22-,27-/m000/s1. The second-order valence-electron chi connectivity index (χ2n) is 37.0. The largest absolute Gasteiger partial charge is 0.469 e. The predicted molar refractivity (Wildman–Crippen MR) is 545 cm³/mol. The fraction of sp³-hybridized carbons (Fsp3) is 0.373. The van der Waals surface area contributed by atoms with Crippen molar-refractivity contribution in [1.82, 2.24) is 65.6 Å². The van der Waals surface area contributed by atoms with Crippen LogP contribution in [0.1, 0.15) is 133 Å². The summed E-state index contributed by atoms with van der Waals surface area (Å²) in [7, 11) is 5.26. The van der Waals surface area contributed by atoms with Crippen molar-refractivity contribution in [2.45, 2.75) is 115 Å². The van der Waals surface area contributed by atoms with Crippen molar-refractivity contribution < 1.29 is 84.8 Å². The number of thiazole rings is 3. The third kappa shape index (κ3) is 23.9. The Hall–Kier alpha value is -13.3. The maximum Gasteiger partial charge on any atom is 0.408 e. The molecule has 0 bridgehead atoms. The summed E-state index contributed by atoms with van der Waals surface area (Å²) in [5.74, 6) is -2.69. The lowest BCUT2D eigenvalue weighted by Crippen LogP contribution is -2.53. The molecule has 43 heteroatoms. The number of nitrogens with one attached hydrogen (secondary N) is 4. The van der Waals surface area contributed by atoms with Gasteiger partial charge in [0.1, 0.15) is 52.7 Å². The number of benzene rings is 6. The number of nitrogens with zero attached hydrogens (tertiary/aromatic N) is 15. The molecule has 760 valence electrons. The average Bonchev–Trinajstić information content (AvgIpc) is 1.65. The number of carbonyl (C=O) groups excluding carboxylic acids is 10. The van der Waals surface area contributed by atoms with E-state index in [2.05, 4.69) is 50.9 Å². The third-order valence-electron chi connectivity index (χ3n) is 26.2. The molecule has 6 fully saturated rings. The highest BCUT2D eigenvalue weighted by Crippen LogP contribution is 2.44. The van der Waals surface area contributed by atoms with Crippen molar-refractivity contribution in [2.24, 2.45) is 20.9 Å². The molecule has 9 aliphatic rings. The molecule has 9 aliphatic heterocycles. The first kappa shape index (κ1) is 105. The van der Waals surface area contributed by atoms with Gasteiger partial charge in [0.15, 0.2) is 32.5 Å². The van der Waals surface area contributed by atoms with E-state index < -0.39 is 77.1 Å². The Morgan fingerprint density at radius 2 is 0.848 bits per heavy atom. The number of Topliss-reactive ketones (excluding diaryl/α,β-unsaturated/α-hetero) is 2. The fourth-order valence-corrected chi connectivity index (χ4v) is 21.5. The van der Waals surface area contributed by atoms with Crippen molar-refractivity contribution in [3.8, 4) is 0 Å². The lowest BCUT2D eigenvalue weighted by atomic mass is 9.95. The number of halogens is 6. The molecule has 3 unspecified atom stereocenters. The zero-order chi connectivity index (χ0) is 103. The van der Waals surface area contributed by atoms with Crippen LogP contribution in [0.3, 0.4) is 0 Å². The number of urea groups is 3. The van der Waals surface area contributed by atoms with E-state index in [0.717, 1.165) is 22.5 Å². The van der Waals surface area contributed by atoms with E-state index in [4.69, 9.17) is 73.5 Å². The van der Waals surface area contributed by atoms with Crippen LogP contribution in [0.5, 0.6) is 0 Å². The maximum atomic E-state index is 14.1. The van der Waals surface area contributed by atoms with Gasteiger partial charge in [0, 0.05) is 211 Å². The van der Waals surface area contributed by atoms with Crippen LogP contribution in [0.4, 0.5) is 49.4 Å². The average molecular weight is 2100 g/mol. The van der Waals surface area contributed by atoms with Gasteiger partial charge in [0.05, 0.1) is 75.2 Å². The number of aromatic nitrogens is 3. The molecule has 34 nitrogen and oxygen atoms in total. The number of rotatable bonds is 27. The summed E-state index contributed by atoms with van der Waals surface area (Å²) in [6, 6.07) is 30.6. The van der Waals surface area contributed by atoms with Crippen molar-refractivity contribution in [1.29, 1.82) is 0 Å². The minimum Gasteiger partial charge on any atom is -0.469 e. The summed E-state index contributed by atoms with van der Waals surface area (Å²) in [5.41, 5.74) is 7.83. The third-order valence-corrected chi connectivity index (χ3v) is 29.5. The number of anilines is 3. The van der Waals surface area contributed by atoms with Gasteiger partial charge in [-0.2, -0.15) is 0 Å². The summed E-state index contributed by atoms with van der Waals surface area (Å²) < 4.78 is 68.0. The van der Waals surface area contributed by atoms with Crippen LogP contribution in [0, 0.1) is 23.4 Å². The van der Waals surface area contributed by atoms with Crippen LogP contribution in [0.15, 0.2) is 211 Å². The molecule has 6 aromatic carbocycles. The molecule has 0 aliphatic carbocycles. The smallest absolute Gasteiger partial charge is 0.408 e. The number of amides is 7. The maximum absolute atomic E-state index is 14.1. The number of ether oxygens (including phenoxy) is 5. The van der Waals surface area contributed by atoms with Gasteiger partial charge in [-0.05, 0) is 137 Å². The number of piperazine rings is 3. The number of carbonyl (C=O) groups is 10. The molecule has 7 amide bonds. The first-order chi connectivity index (χ1) is 69.5. The van der Waals surface area contributed by atoms with E-state index in [1.54, 1.807) is 74.0 Å². The topological polar surface area (TPSA) is 370 Å². The first-order valence-electron chi connectivity index (χ1n) is 46.8. The van der Waals surface area contributed by atoms with Crippen LogP contribution in [-0.2, 0) is 58.9 Å². The minimum absolute atomic E-state index is 0.0455. The fourth-order valence-electron chi connectivity index (χ4n) is 19.0. The summed E-state index contributed by atoms with van der Waals surface area (Å²) >= 11 is 23.6. The SMILES string of the molecule is COC(=O)C1=C(CN2CCN3C(=O)N(c4ccc(C(C)C(=O)OC)cc4)C[C@@H]3C2)NC(c2nccs2)=N[C@H]1c1ccc(F)cc1Cl.COC(=O)C1=C(CN2CCN3C(=O)N(c4cccc(C(CC(C)=O)NC(=O)OC(C)(C)C)c4)C[C@@H]3C2)NC(c2nccs2)=N[C@H]1c1ccc(F)cc1Cl.COC(=O)C1=C(CN2CCN3C(=O)N(c4cccc(CC(C)C(C)=O)c4)C[C@@H]3C2)NC(c2nccs2)=N[C@H]1c1ccc(F)cc1Cl. The second-order valence-corrected chi connectivity index (χ2v) is 40.9. The molecule has 6 saturated heterocycles. The molecule has 9 aromatic rings. The Morgan fingerprint density at radius 3 is 1.19 bits per heavy atom. The van der Waals surface area contributed by atoms with Crippen LogP contribution in [0.25, 0.3) is 0 Å². The molecule has 12 heterocycles. The highest BCUT2D eigenvalue weighted by atomic mass is 35.5. The van der Waals surface area contributed by atoms with Gasteiger partial charge in [0.25, 0.3) is 0 Å². The Balaban J connectivity index is 0.000000156. The molecular weight excluding hydrogens is 1990 g/mol. The number of esters is 4. The normalized spacial score (nSPS) is 20.3. The Kier molecular flexibility index (Phi) is 32.8. The zero-order valence-electron chi connectivity index (χ0n) is 81.1. The highest BCUT2D eigenvalue weighted by Gasteiger charge is 2.48. The zero-order valence-corrected chi connectivity index (χ0v) is 85.8. The van der Waals surface area contributed by atoms with Crippen molar-refractivity contribution in [3.63, 3.8) is 0 Å². The number of alkyl carbamates (subject to hydrolysis) is 1.